The number of rotatable bonds is 2. The van der Waals surface area contributed by atoms with Crippen LogP contribution in [0.3, 0.4) is 0 Å². The number of hydrogen-bond acceptors (Lipinski definition) is 2. The van der Waals surface area contributed by atoms with Gasteiger partial charge in [0.05, 0.1) is 0 Å². The maximum absolute atomic E-state index is 12.8. The van der Waals surface area contributed by atoms with Gasteiger partial charge in [-0.05, 0) is 36.8 Å². The zero-order valence-corrected chi connectivity index (χ0v) is 8.58. The van der Waals surface area contributed by atoms with E-state index in [1.54, 1.807) is 6.92 Å². The zero-order chi connectivity index (χ0) is 11.5. The molecule has 0 N–H and O–H groups in total. The number of benzene rings is 1. The molecule has 4 heteroatoms. The maximum atomic E-state index is 12.8. The van der Waals surface area contributed by atoms with Crippen LogP contribution in [0.2, 0.25) is 0 Å². The highest BCUT2D eigenvalue weighted by atomic mass is 19.1. The summed E-state index contributed by atoms with van der Waals surface area (Å²) in [5, 5.41) is 0. The fourth-order valence-electron chi connectivity index (χ4n) is 1.29. The standard InChI is InChI=1S/C12H9F2NO/c1-8-7-9(13)5-6-10(8)16-12-4-2-3-11(14)15-12/h2-7H,1H3. The van der Waals surface area contributed by atoms with Crippen molar-refractivity contribution >= 4 is 0 Å². The van der Waals surface area contributed by atoms with Gasteiger partial charge in [0.1, 0.15) is 11.6 Å². The number of aryl methyl sites for hydroxylation is 1. The summed E-state index contributed by atoms with van der Waals surface area (Å²) in [5.74, 6) is -0.344. The minimum Gasteiger partial charge on any atom is -0.439 e. The van der Waals surface area contributed by atoms with Gasteiger partial charge in [-0.2, -0.15) is 9.37 Å². The Balaban J connectivity index is 2.27. The van der Waals surface area contributed by atoms with E-state index in [9.17, 15) is 8.78 Å². The second-order valence-electron chi connectivity index (χ2n) is 3.31. The summed E-state index contributed by atoms with van der Waals surface area (Å²) < 4.78 is 30.9. The van der Waals surface area contributed by atoms with Gasteiger partial charge < -0.3 is 4.74 Å². The number of hydrogen-bond donors (Lipinski definition) is 0. The van der Waals surface area contributed by atoms with E-state index >= 15 is 0 Å². The Bertz CT molecular complexity index is 514. The van der Waals surface area contributed by atoms with Crippen LogP contribution >= 0.6 is 0 Å². The van der Waals surface area contributed by atoms with Crippen LogP contribution in [0.25, 0.3) is 0 Å². The van der Waals surface area contributed by atoms with Crippen molar-refractivity contribution in [2.75, 3.05) is 0 Å². The fraction of sp³-hybridized carbons (Fsp3) is 0.0833. The van der Waals surface area contributed by atoms with Crippen LogP contribution in [0.15, 0.2) is 36.4 Å². The smallest absolute Gasteiger partial charge is 0.221 e. The Morgan fingerprint density at radius 1 is 1.12 bits per heavy atom. The second-order valence-corrected chi connectivity index (χ2v) is 3.31. The zero-order valence-electron chi connectivity index (χ0n) is 8.58. The molecule has 1 heterocycles. The van der Waals surface area contributed by atoms with Gasteiger partial charge >= 0.3 is 0 Å². The largest absolute Gasteiger partial charge is 0.439 e. The predicted octanol–water partition coefficient (Wildman–Crippen LogP) is 3.46. The first kappa shape index (κ1) is 10.5. The SMILES string of the molecule is Cc1cc(F)ccc1Oc1cccc(F)n1. The normalized spacial score (nSPS) is 10.2. The maximum Gasteiger partial charge on any atom is 0.221 e. The number of ether oxygens (including phenoxy) is 1. The topological polar surface area (TPSA) is 22.1 Å². The van der Waals surface area contributed by atoms with Gasteiger partial charge in [0.2, 0.25) is 11.8 Å². The molecule has 0 aliphatic heterocycles. The molecule has 0 saturated carbocycles. The van der Waals surface area contributed by atoms with E-state index in [1.165, 1.54) is 36.4 Å². The molecule has 0 bridgehead atoms. The van der Waals surface area contributed by atoms with Crippen molar-refractivity contribution in [2.24, 2.45) is 0 Å². The Morgan fingerprint density at radius 3 is 2.62 bits per heavy atom. The average Bonchev–Trinajstić information content (AvgIpc) is 2.22. The molecular weight excluding hydrogens is 212 g/mol. The molecule has 0 atom stereocenters. The van der Waals surface area contributed by atoms with E-state index < -0.39 is 5.95 Å². The van der Waals surface area contributed by atoms with Crippen molar-refractivity contribution in [3.63, 3.8) is 0 Å². The van der Waals surface area contributed by atoms with E-state index in [0.717, 1.165) is 0 Å². The van der Waals surface area contributed by atoms with Crippen molar-refractivity contribution in [3.05, 3.63) is 53.7 Å². The van der Waals surface area contributed by atoms with Gasteiger partial charge in [0.25, 0.3) is 0 Å². The summed E-state index contributed by atoms with van der Waals surface area (Å²) >= 11 is 0. The first-order valence-electron chi connectivity index (χ1n) is 4.72. The fourth-order valence-corrected chi connectivity index (χ4v) is 1.29. The Kier molecular flexibility index (Phi) is 2.81. The lowest BCUT2D eigenvalue weighted by atomic mass is 10.2. The molecule has 82 valence electrons. The average molecular weight is 221 g/mol. The summed E-state index contributed by atoms with van der Waals surface area (Å²) in [5.41, 5.74) is 0.631. The van der Waals surface area contributed by atoms with Gasteiger partial charge in [-0.1, -0.05) is 6.07 Å². The molecule has 0 amide bonds. The third-order valence-corrected chi connectivity index (χ3v) is 2.04. The number of aromatic nitrogens is 1. The number of halogens is 2. The van der Waals surface area contributed by atoms with Crippen molar-refractivity contribution in [1.82, 2.24) is 4.98 Å². The molecule has 16 heavy (non-hydrogen) atoms. The van der Waals surface area contributed by atoms with E-state index in [4.69, 9.17) is 4.74 Å². The van der Waals surface area contributed by atoms with Gasteiger partial charge in [0, 0.05) is 6.07 Å². The van der Waals surface area contributed by atoms with Gasteiger partial charge in [0.15, 0.2) is 0 Å². The monoisotopic (exact) mass is 221 g/mol. The lowest BCUT2D eigenvalue weighted by Gasteiger charge is -2.07. The lowest BCUT2D eigenvalue weighted by Crippen LogP contribution is -1.92. The Morgan fingerprint density at radius 2 is 1.94 bits per heavy atom. The third kappa shape index (κ3) is 2.34. The Labute approximate surface area is 91.5 Å². The van der Waals surface area contributed by atoms with Crippen LogP contribution in [-0.2, 0) is 0 Å². The first-order chi connectivity index (χ1) is 7.65. The van der Waals surface area contributed by atoms with Gasteiger partial charge in [-0.25, -0.2) is 4.39 Å². The van der Waals surface area contributed by atoms with Crippen LogP contribution in [0.5, 0.6) is 11.6 Å². The van der Waals surface area contributed by atoms with Crippen molar-refractivity contribution in [1.29, 1.82) is 0 Å². The van der Waals surface area contributed by atoms with Crippen LogP contribution in [-0.4, -0.2) is 4.98 Å². The molecule has 0 spiro atoms. The molecule has 0 fully saturated rings. The van der Waals surface area contributed by atoms with E-state index in [0.29, 0.717) is 11.3 Å². The molecule has 0 saturated heterocycles. The van der Waals surface area contributed by atoms with Gasteiger partial charge in [-0.15, -0.1) is 0 Å². The highest BCUT2D eigenvalue weighted by Gasteiger charge is 2.04. The lowest BCUT2D eigenvalue weighted by molar-refractivity contribution is 0.441. The summed E-state index contributed by atoms with van der Waals surface area (Å²) in [6.07, 6.45) is 0. The number of nitrogens with zero attached hydrogens (tertiary/aromatic N) is 1. The van der Waals surface area contributed by atoms with Crippen molar-refractivity contribution in [2.45, 2.75) is 6.92 Å². The molecule has 1 aromatic carbocycles. The summed E-state index contributed by atoms with van der Waals surface area (Å²) in [7, 11) is 0. The third-order valence-electron chi connectivity index (χ3n) is 2.04. The Hall–Kier alpha value is -1.97. The number of pyridine rings is 1. The predicted molar refractivity (Wildman–Crippen MR) is 55.4 cm³/mol. The van der Waals surface area contributed by atoms with Crippen molar-refractivity contribution in [3.8, 4) is 11.6 Å². The molecule has 0 aliphatic carbocycles. The van der Waals surface area contributed by atoms with Crippen LogP contribution in [0, 0.1) is 18.7 Å². The van der Waals surface area contributed by atoms with Crippen molar-refractivity contribution < 1.29 is 13.5 Å². The minimum absolute atomic E-state index is 0.148. The molecule has 2 rings (SSSR count). The van der Waals surface area contributed by atoms with E-state index in [-0.39, 0.29) is 11.7 Å². The second kappa shape index (κ2) is 4.26. The minimum atomic E-state index is -0.614. The molecule has 1 aromatic heterocycles. The van der Waals surface area contributed by atoms with Crippen LogP contribution in [0.4, 0.5) is 8.78 Å². The molecule has 0 radical (unpaired) electrons. The summed E-state index contributed by atoms with van der Waals surface area (Å²) in [6, 6.07) is 8.36. The molecule has 0 aliphatic rings. The molecule has 0 unspecified atom stereocenters. The van der Waals surface area contributed by atoms with Gasteiger partial charge in [-0.3, -0.25) is 0 Å². The molecule has 2 nitrogen and oxygen atoms in total. The van der Waals surface area contributed by atoms with E-state index in [2.05, 4.69) is 4.98 Å². The molecular formula is C12H9F2NO. The van der Waals surface area contributed by atoms with Crippen LogP contribution in [0.1, 0.15) is 5.56 Å². The first-order valence-corrected chi connectivity index (χ1v) is 4.72. The highest BCUT2D eigenvalue weighted by molar-refractivity contribution is 5.35. The van der Waals surface area contributed by atoms with E-state index in [1.807, 2.05) is 0 Å². The van der Waals surface area contributed by atoms with Crippen LogP contribution < -0.4 is 4.74 Å². The quantitative estimate of drug-likeness (QED) is 0.724. The summed E-state index contributed by atoms with van der Waals surface area (Å²) in [4.78, 5) is 3.55. The molecule has 2 aromatic rings. The summed E-state index contributed by atoms with van der Waals surface area (Å²) in [6.45, 7) is 1.71. The highest BCUT2D eigenvalue weighted by Crippen LogP contribution is 2.23.